The van der Waals surface area contributed by atoms with Gasteiger partial charge in [0.1, 0.15) is 0 Å². The molecule has 0 saturated heterocycles. The molecule has 5 aromatic rings. The molecule has 0 N–H and O–H groups in total. The number of hydrogen-bond acceptors (Lipinski definition) is 1. The van der Waals surface area contributed by atoms with Gasteiger partial charge in [-0.15, -0.1) is 0 Å². The third-order valence-corrected chi connectivity index (χ3v) is 6.96. The Balaban J connectivity index is 1.98. The van der Waals surface area contributed by atoms with E-state index in [0.29, 0.717) is 0 Å². The zero-order chi connectivity index (χ0) is 24.0. The third kappa shape index (κ3) is 4.53. The molecule has 0 bridgehead atoms. The molecule has 0 unspecified atom stereocenters. The standard InChI is InChI=1S/C33H34N2/c1-3-5-19-27-28-21-13-22-30(35-24-14-23-34-35)33(28)29(20-6-4-2)32(26-17-11-8-12-18-26)31(27)25-15-9-7-10-16-25/h7-18,21-24H,3-6,19-20H2,1-2H3. The highest BCUT2D eigenvalue weighted by Gasteiger charge is 2.23. The quantitative estimate of drug-likeness (QED) is 0.215. The molecule has 0 atom stereocenters. The Bertz CT molecular complexity index is 1380. The Morgan fingerprint density at radius 3 is 1.80 bits per heavy atom. The molecule has 0 aliphatic carbocycles. The number of hydrogen-bond donors (Lipinski definition) is 0. The first-order chi connectivity index (χ1) is 17.3. The van der Waals surface area contributed by atoms with Crippen molar-refractivity contribution in [1.29, 1.82) is 0 Å². The van der Waals surface area contributed by atoms with Crippen LogP contribution >= 0.6 is 0 Å². The summed E-state index contributed by atoms with van der Waals surface area (Å²) >= 11 is 0. The van der Waals surface area contributed by atoms with Gasteiger partial charge in [0.25, 0.3) is 0 Å². The van der Waals surface area contributed by atoms with E-state index in [1.54, 1.807) is 0 Å². The Morgan fingerprint density at radius 2 is 1.23 bits per heavy atom. The average molecular weight is 459 g/mol. The summed E-state index contributed by atoms with van der Waals surface area (Å²) in [5.74, 6) is 0. The van der Waals surface area contributed by atoms with Crippen molar-refractivity contribution in [2.45, 2.75) is 52.4 Å². The molecular formula is C33H34N2. The van der Waals surface area contributed by atoms with Gasteiger partial charge in [0.05, 0.1) is 5.69 Å². The van der Waals surface area contributed by atoms with Gasteiger partial charge in [0.15, 0.2) is 0 Å². The van der Waals surface area contributed by atoms with Gasteiger partial charge < -0.3 is 0 Å². The summed E-state index contributed by atoms with van der Waals surface area (Å²) in [4.78, 5) is 0. The molecule has 2 nitrogen and oxygen atoms in total. The van der Waals surface area contributed by atoms with Crippen LogP contribution in [0.25, 0.3) is 38.7 Å². The van der Waals surface area contributed by atoms with Gasteiger partial charge >= 0.3 is 0 Å². The van der Waals surface area contributed by atoms with Crippen molar-refractivity contribution in [3.8, 4) is 27.9 Å². The molecule has 1 heterocycles. The van der Waals surface area contributed by atoms with Crippen molar-refractivity contribution in [3.05, 3.63) is 108 Å². The van der Waals surface area contributed by atoms with E-state index in [1.165, 1.54) is 62.7 Å². The highest BCUT2D eigenvalue weighted by atomic mass is 15.3. The van der Waals surface area contributed by atoms with E-state index in [2.05, 4.69) is 104 Å². The fraction of sp³-hybridized carbons (Fsp3) is 0.242. The van der Waals surface area contributed by atoms with Crippen LogP contribution in [0.2, 0.25) is 0 Å². The van der Waals surface area contributed by atoms with Gasteiger partial charge in [0.2, 0.25) is 0 Å². The molecular weight excluding hydrogens is 424 g/mol. The van der Waals surface area contributed by atoms with Crippen LogP contribution in [0.3, 0.4) is 0 Å². The number of nitrogens with zero attached hydrogens (tertiary/aromatic N) is 2. The summed E-state index contributed by atoms with van der Waals surface area (Å²) in [5.41, 5.74) is 9.48. The second kappa shape index (κ2) is 10.7. The lowest BCUT2D eigenvalue weighted by atomic mass is 9.79. The van der Waals surface area contributed by atoms with Crippen LogP contribution in [0.4, 0.5) is 0 Å². The van der Waals surface area contributed by atoms with Crippen LogP contribution in [0.15, 0.2) is 97.3 Å². The summed E-state index contributed by atoms with van der Waals surface area (Å²) in [7, 11) is 0. The Hall–Kier alpha value is -3.65. The molecule has 4 aromatic carbocycles. The molecule has 0 aliphatic heterocycles. The molecule has 2 heteroatoms. The zero-order valence-electron chi connectivity index (χ0n) is 20.9. The van der Waals surface area contributed by atoms with Crippen LogP contribution in [-0.2, 0) is 12.8 Å². The summed E-state index contributed by atoms with van der Waals surface area (Å²) in [6.45, 7) is 4.57. The fourth-order valence-electron chi connectivity index (χ4n) is 5.34. The van der Waals surface area contributed by atoms with Gasteiger partial charge in [-0.2, -0.15) is 5.10 Å². The van der Waals surface area contributed by atoms with E-state index in [4.69, 9.17) is 0 Å². The molecule has 0 spiro atoms. The maximum Gasteiger partial charge on any atom is 0.0726 e. The first-order valence-corrected chi connectivity index (χ1v) is 13.0. The lowest BCUT2D eigenvalue weighted by Crippen LogP contribution is -2.06. The summed E-state index contributed by atoms with van der Waals surface area (Å²) in [5, 5.41) is 7.38. The molecule has 1 aromatic heterocycles. The van der Waals surface area contributed by atoms with Gasteiger partial charge in [0, 0.05) is 17.8 Å². The van der Waals surface area contributed by atoms with E-state index in [9.17, 15) is 0 Å². The van der Waals surface area contributed by atoms with Crippen molar-refractivity contribution in [2.75, 3.05) is 0 Å². The number of aryl methyl sites for hydroxylation is 2. The lowest BCUT2D eigenvalue weighted by molar-refractivity contribution is 0.792. The minimum absolute atomic E-state index is 1.05. The van der Waals surface area contributed by atoms with Crippen molar-refractivity contribution in [1.82, 2.24) is 9.78 Å². The van der Waals surface area contributed by atoms with Gasteiger partial charge in [-0.3, -0.25) is 0 Å². The molecule has 35 heavy (non-hydrogen) atoms. The van der Waals surface area contributed by atoms with Crippen molar-refractivity contribution in [3.63, 3.8) is 0 Å². The van der Waals surface area contributed by atoms with Crippen LogP contribution in [0, 0.1) is 0 Å². The number of unbranched alkanes of at least 4 members (excludes halogenated alkanes) is 2. The summed E-state index contributed by atoms with van der Waals surface area (Å²) in [6.07, 6.45) is 10.7. The van der Waals surface area contributed by atoms with Crippen molar-refractivity contribution < 1.29 is 0 Å². The maximum absolute atomic E-state index is 4.65. The number of rotatable bonds is 9. The Labute approximate surface area is 209 Å². The predicted molar refractivity (Wildman–Crippen MR) is 149 cm³/mol. The second-order valence-corrected chi connectivity index (χ2v) is 9.30. The monoisotopic (exact) mass is 458 g/mol. The first-order valence-electron chi connectivity index (χ1n) is 13.0. The van der Waals surface area contributed by atoms with Crippen LogP contribution in [0.1, 0.15) is 50.7 Å². The first kappa shape index (κ1) is 23.1. The molecule has 0 radical (unpaired) electrons. The van der Waals surface area contributed by atoms with E-state index in [1.807, 2.05) is 16.9 Å². The third-order valence-electron chi connectivity index (χ3n) is 6.96. The van der Waals surface area contributed by atoms with Crippen molar-refractivity contribution in [2.24, 2.45) is 0 Å². The van der Waals surface area contributed by atoms with Crippen molar-refractivity contribution >= 4 is 10.8 Å². The molecule has 0 aliphatic rings. The molecule has 5 rings (SSSR count). The maximum atomic E-state index is 4.65. The lowest BCUT2D eigenvalue weighted by Gasteiger charge is -2.25. The number of fused-ring (bicyclic) bond motifs is 1. The summed E-state index contributed by atoms with van der Waals surface area (Å²) < 4.78 is 2.04. The van der Waals surface area contributed by atoms with Crippen LogP contribution < -0.4 is 0 Å². The molecule has 0 amide bonds. The van der Waals surface area contributed by atoms with Gasteiger partial charge in [-0.1, -0.05) is 99.5 Å². The summed E-state index contributed by atoms with van der Waals surface area (Å²) in [6, 6.07) is 30.8. The molecule has 0 saturated carbocycles. The van der Waals surface area contributed by atoms with Gasteiger partial charge in [-0.25, -0.2) is 4.68 Å². The average Bonchev–Trinajstić information content (AvgIpc) is 3.46. The number of aromatic nitrogens is 2. The topological polar surface area (TPSA) is 17.8 Å². The zero-order valence-corrected chi connectivity index (χ0v) is 20.9. The molecule has 176 valence electrons. The van der Waals surface area contributed by atoms with E-state index in [0.717, 1.165) is 25.7 Å². The normalized spacial score (nSPS) is 11.3. The smallest absolute Gasteiger partial charge is 0.0726 e. The second-order valence-electron chi connectivity index (χ2n) is 9.30. The predicted octanol–water partition coefficient (Wildman–Crippen LogP) is 9.04. The Kier molecular flexibility index (Phi) is 7.09. The van der Waals surface area contributed by atoms with Crippen LogP contribution in [-0.4, -0.2) is 9.78 Å². The van der Waals surface area contributed by atoms with E-state index >= 15 is 0 Å². The minimum Gasteiger partial charge on any atom is -0.240 e. The Morgan fingerprint density at radius 1 is 0.629 bits per heavy atom. The molecule has 0 fully saturated rings. The highest BCUT2D eigenvalue weighted by Crippen LogP contribution is 2.45. The largest absolute Gasteiger partial charge is 0.240 e. The fourth-order valence-corrected chi connectivity index (χ4v) is 5.34. The minimum atomic E-state index is 1.05. The van der Waals surface area contributed by atoms with Gasteiger partial charge in [-0.05, 0) is 76.6 Å². The SMILES string of the molecule is CCCCc1c(-c2ccccc2)c(-c2ccccc2)c(CCCC)c2c(-n3cccn3)cccc12. The highest BCUT2D eigenvalue weighted by molar-refractivity contribution is 6.06. The van der Waals surface area contributed by atoms with E-state index < -0.39 is 0 Å². The van der Waals surface area contributed by atoms with Crippen LogP contribution in [0.5, 0.6) is 0 Å². The number of benzene rings is 4. The van der Waals surface area contributed by atoms with E-state index in [-0.39, 0.29) is 0 Å².